The maximum absolute atomic E-state index is 11.3. The van der Waals surface area contributed by atoms with E-state index in [2.05, 4.69) is 13.8 Å². The van der Waals surface area contributed by atoms with E-state index in [4.69, 9.17) is 0 Å². The number of carbonyl (C=O) groups is 1. The number of thioether (sulfide) groups is 1. The lowest BCUT2D eigenvalue weighted by Gasteiger charge is -2.04. The van der Waals surface area contributed by atoms with Gasteiger partial charge in [-0.25, -0.2) is 0 Å². The molecule has 0 heterocycles. The van der Waals surface area contributed by atoms with Crippen LogP contribution in [0, 0.1) is 11.7 Å². The average Bonchev–Trinajstić information content (AvgIpc) is 2.44. The lowest BCUT2D eigenvalue weighted by atomic mass is 10.0. The van der Waals surface area contributed by atoms with E-state index in [1.165, 1.54) is 82.4 Å². The van der Waals surface area contributed by atoms with Crippen LogP contribution >= 0.6 is 11.8 Å². The largest absolute Gasteiger partial charge is 0.287 e. The van der Waals surface area contributed by atoms with Gasteiger partial charge in [0.1, 0.15) is 0 Å². The van der Waals surface area contributed by atoms with Crippen LogP contribution in [-0.2, 0) is 4.79 Å². The van der Waals surface area contributed by atoms with Crippen LogP contribution in [-0.4, -0.2) is 5.12 Å². The van der Waals surface area contributed by atoms with Gasteiger partial charge in [-0.2, -0.15) is 0 Å². The van der Waals surface area contributed by atoms with Crippen LogP contribution in [0.2, 0.25) is 0 Å². The molecule has 0 rings (SSSR count). The Bertz CT molecular complexity index is 226. The molecule has 0 aliphatic rings. The molecule has 0 unspecified atom stereocenters. The van der Waals surface area contributed by atoms with E-state index in [1.807, 2.05) is 12.7 Å². The normalized spacial score (nSPS) is 11.2. The summed E-state index contributed by atoms with van der Waals surface area (Å²) in [4.78, 5) is 11.3. The summed E-state index contributed by atoms with van der Waals surface area (Å²) >= 11 is 1.35. The van der Waals surface area contributed by atoms with E-state index >= 15 is 0 Å². The van der Waals surface area contributed by atoms with Gasteiger partial charge in [-0.05, 0) is 12.3 Å². The minimum Gasteiger partial charge on any atom is -0.287 e. The molecule has 0 aliphatic carbocycles. The zero-order valence-electron chi connectivity index (χ0n) is 14.7. The molecule has 125 valence electrons. The lowest BCUT2D eigenvalue weighted by Crippen LogP contribution is -1.90. The third-order valence-corrected chi connectivity index (χ3v) is 4.61. The first kappa shape index (κ1) is 21.0. The van der Waals surface area contributed by atoms with Gasteiger partial charge in [0.15, 0.2) is 5.12 Å². The Balaban J connectivity index is 3.04. The smallest absolute Gasteiger partial charge is 0.189 e. The number of hydrogen-bond donors (Lipinski definition) is 0. The zero-order chi connectivity index (χ0) is 15.8. The van der Waals surface area contributed by atoms with Gasteiger partial charge in [0.25, 0.3) is 0 Å². The standard InChI is InChI=1S/C19H37OS/c1-4-21-19(20)17-15-13-11-9-7-5-6-8-10-12-14-16-18(2)3/h4,18H,5-17H2,1-3H3. The molecule has 21 heavy (non-hydrogen) atoms. The van der Waals surface area contributed by atoms with Crippen molar-refractivity contribution in [2.24, 2.45) is 5.92 Å². The molecule has 1 radical (unpaired) electrons. The monoisotopic (exact) mass is 313 g/mol. The van der Waals surface area contributed by atoms with E-state index in [0.29, 0.717) is 5.12 Å². The molecule has 0 bridgehead atoms. The number of carbonyl (C=O) groups excluding carboxylic acids is 1. The van der Waals surface area contributed by atoms with Crippen molar-refractivity contribution in [2.45, 2.75) is 104 Å². The SMILES string of the molecule is C[CH]SC(=O)CCCCCCCCCCCCCC(C)C. The molecule has 0 aromatic carbocycles. The van der Waals surface area contributed by atoms with Crippen LogP contribution in [0.3, 0.4) is 0 Å². The maximum Gasteiger partial charge on any atom is 0.189 e. The van der Waals surface area contributed by atoms with Gasteiger partial charge in [0.05, 0.1) is 0 Å². The molecule has 0 spiro atoms. The summed E-state index contributed by atoms with van der Waals surface area (Å²) in [5.74, 6) is 2.75. The van der Waals surface area contributed by atoms with Crippen LogP contribution in [0.1, 0.15) is 104 Å². The van der Waals surface area contributed by atoms with Gasteiger partial charge in [-0.15, -0.1) is 0 Å². The van der Waals surface area contributed by atoms with Crippen LogP contribution < -0.4 is 0 Å². The van der Waals surface area contributed by atoms with Crippen molar-refractivity contribution in [1.29, 1.82) is 0 Å². The Morgan fingerprint density at radius 3 is 1.67 bits per heavy atom. The highest BCUT2D eigenvalue weighted by molar-refractivity contribution is 8.15. The lowest BCUT2D eigenvalue weighted by molar-refractivity contribution is -0.111. The molecule has 0 atom stereocenters. The zero-order valence-corrected chi connectivity index (χ0v) is 15.5. The minimum absolute atomic E-state index is 0.329. The Labute approximate surface area is 138 Å². The molecule has 0 saturated heterocycles. The molecule has 0 aromatic rings. The molecule has 0 aliphatic heterocycles. The van der Waals surface area contributed by atoms with Gasteiger partial charge in [-0.3, -0.25) is 4.79 Å². The average molecular weight is 314 g/mol. The van der Waals surface area contributed by atoms with Gasteiger partial charge in [0, 0.05) is 12.2 Å². The van der Waals surface area contributed by atoms with Gasteiger partial charge in [-0.1, -0.05) is 103 Å². The Morgan fingerprint density at radius 1 is 0.810 bits per heavy atom. The molecule has 0 amide bonds. The molecule has 0 saturated carbocycles. The second kappa shape index (κ2) is 16.4. The highest BCUT2D eigenvalue weighted by atomic mass is 32.2. The van der Waals surface area contributed by atoms with Gasteiger partial charge >= 0.3 is 0 Å². The third-order valence-electron chi connectivity index (χ3n) is 3.91. The molecular weight excluding hydrogens is 276 g/mol. The summed E-state index contributed by atoms with van der Waals surface area (Å²) in [6.45, 7) is 6.56. The summed E-state index contributed by atoms with van der Waals surface area (Å²) < 4.78 is 0. The molecule has 1 nitrogen and oxygen atoms in total. The second-order valence-corrected chi connectivity index (χ2v) is 7.71. The quantitative estimate of drug-likeness (QED) is 0.298. The van der Waals surface area contributed by atoms with Crippen molar-refractivity contribution in [1.82, 2.24) is 0 Å². The molecular formula is C19H37OS. The van der Waals surface area contributed by atoms with Crippen molar-refractivity contribution in [3.63, 3.8) is 0 Å². The van der Waals surface area contributed by atoms with E-state index in [0.717, 1.165) is 18.8 Å². The molecule has 2 heteroatoms. The second-order valence-electron chi connectivity index (χ2n) is 6.55. The fourth-order valence-corrected chi connectivity index (χ4v) is 3.13. The summed E-state index contributed by atoms with van der Waals surface area (Å²) in [7, 11) is 0. The topological polar surface area (TPSA) is 17.1 Å². The van der Waals surface area contributed by atoms with E-state index in [1.54, 1.807) is 0 Å². The van der Waals surface area contributed by atoms with E-state index in [-0.39, 0.29) is 0 Å². The predicted molar refractivity (Wildman–Crippen MR) is 97.4 cm³/mol. The highest BCUT2D eigenvalue weighted by Crippen LogP contribution is 2.15. The maximum atomic E-state index is 11.3. The van der Waals surface area contributed by atoms with Crippen molar-refractivity contribution in [3.05, 3.63) is 5.75 Å². The summed E-state index contributed by atoms with van der Waals surface area (Å²) in [6.07, 6.45) is 17.0. The minimum atomic E-state index is 0.329. The van der Waals surface area contributed by atoms with E-state index < -0.39 is 0 Å². The van der Waals surface area contributed by atoms with Crippen LogP contribution in [0.5, 0.6) is 0 Å². The highest BCUT2D eigenvalue weighted by Gasteiger charge is 2.00. The fourth-order valence-electron chi connectivity index (χ4n) is 2.60. The van der Waals surface area contributed by atoms with Crippen LogP contribution in [0.15, 0.2) is 0 Å². The van der Waals surface area contributed by atoms with Crippen LogP contribution in [0.4, 0.5) is 0 Å². The fraction of sp³-hybridized carbons (Fsp3) is 0.895. The van der Waals surface area contributed by atoms with Crippen molar-refractivity contribution in [2.75, 3.05) is 0 Å². The predicted octanol–water partition coefficient (Wildman–Crippen LogP) is 7.16. The van der Waals surface area contributed by atoms with Gasteiger partial charge in [0.2, 0.25) is 0 Å². The summed E-state index contributed by atoms with van der Waals surface area (Å²) in [5.41, 5.74) is 0. The third kappa shape index (κ3) is 18.0. The summed E-state index contributed by atoms with van der Waals surface area (Å²) in [6, 6.07) is 0. The number of unbranched alkanes of at least 4 members (excludes halogenated alkanes) is 10. The molecule has 0 aromatic heterocycles. The Kier molecular flexibility index (Phi) is 16.4. The molecule has 0 fully saturated rings. The molecule has 0 N–H and O–H groups in total. The van der Waals surface area contributed by atoms with Crippen LogP contribution in [0.25, 0.3) is 0 Å². The van der Waals surface area contributed by atoms with Crippen molar-refractivity contribution < 1.29 is 4.79 Å². The first-order valence-electron chi connectivity index (χ1n) is 9.14. The Morgan fingerprint density at radius 2 is 1.24 bits per heavy atom. The van der Waals surface area contributed by atoms with Crippen molar-refractivity contribution >= 4 is 16.9 Å². The Hall–Kier alpha value is 0.0200. The first-order chi connectivity index (χ1) is 10.2. The summed E-state index contributed by atoms with van der Waals surface area (Å²) in [5, 5.41) is 0.329. The van der Waals surface area contributed by atoms with Gasteiger partial charge < -0.3 is 0 Å². The van der Waals surface area contributed by atoms with Crippen molar-refractivity contribution in [3.8, 4) is 0 Å². The number of hydrogen-bond acceptors (Lipinski definition) is 2. The van der Waals surface area contributed by atoms with E-state index in [9.17, 15) is 4.79 Å². The first-order valence-corrected chi connectivity index (χ1v) is 10.0. The number of rotatable bonds is 15.